The highest BCUT2D eigenvalue weighted by molar-refractivity contribution is 9.08. The molecule has 0 saturated carbocycles. The highest BCUT2D eigenvalue weighted by Gasteiger charge is 1.99. The van der Waals surface area contributed by atoms with E-state index in [1.807, 2.05) is 0 Å². The summed E-state index contributed by atoms with van der Waals surface area (Å²) in [6, 6.07) is 4.48. The molecule has 0 N–H and O–H groups in total. The van der Waals surface area contributed by atoms with Crippen molar-refractivity contribution in [3.63, 3.8) is 0 Å². The van der Waals surface area contributed by atoms with Crippen LogP contribution in [-0.2, 0) is 5.33 Å². The van der Waals surface area contributed by atoms with Crippen molar-refractivity contribution in [3.8, 4) is 0 Å². The molecule has 3 nitrogen and oxygen atoms in total. The summed E-state index contributed by atoms with van der Waals surface area (Å²) in [6.07, 6.45) is 0. The van der Waals surface area contributed by atoms with Crippen LogP contribution in [0.1, 0.15) is 5.56 Å². The van der Waals surface area contributed by atoms with Gasteiger partial charge in [0.15, 0.2) is 0 Å². The Hall–Kier alpha value is -1.06. The molecule has 12 heavy (non-hydrogen) atoms. The molecule has 0 bridgehead atoms. The summed E-state index contributed by atoms with van der Waals surface area (Å²) < 4.78 is 12.9. The Labute approximate surface area is 77.0 Å². The molecule has 1 aromatic rings. The molecule has 0 saturated heterocycles. The van der Waals surface area contributed by atoms with E-state index in [4.69, 9.17) is 5.53 Å². The molecule has 5 heteroatoms. The number of hydrogen-bond donors (Lipinski definition) is 0. The second-order valence-electron chi connectivity index (χ2n) is 2.11. The molecule has 0 atom stereocenters. The van der Waals surface area contributed by atoms with Gasteiger partial charge in [-0.05, 0) is 23.2 Å². The van der Waals surface area contributed by atoms with Gasteiger partial charge in [-0.1, -0.05) is 27.1 Å². The summed E-state index contributed by atoms with van der Waals surface area (Å²) in [7, 11) is 0. The van der Waals surface area contributed by atoms with Crippen LogP contribution in [0.25, 0.3) is 10.4 Å². The van der Waals surface area contributed by atoms with E-state index in [-0.39, 0.29) is 5.69 Å². The highest BCUT2D eigenvalue weighted by Crippen LogP contribution is 2.19. The van der Waals surface area contributed by atoms with Crippen molar-refractivity contribution in [1.82, 2.24) is 0 Å². The first-order valence-electron chi connectivity index (χ1n) is 3.17. The molecule has 62 valence electrons. The van der Waals surface area contributed by atoms with E-state index < -0.39 is 5.82 Å². The van der Waals surface area contributed by atoms with E-state index in [2.05, 4.69) is 26.0 Å². The van der Waals surface area contributed by atoms with Crippen LogP contribution in [0.5, 0.6) is 0 Å². The summed E-state index contributed by atoms with van der Waals surface area (Å²) in [5, 5.41) is 3.76. The Balaban J connectivity index is 3.11. The molecular weight excluding hydrogens is 225 g/mol. The molecule has 0 aliphatic rings. The summed E-state index contributed by atoms with van der Waals surface area (Å²) in [6.45, 7) is 0. The van der Waals surface area contributed by atoms with Crippen molar-refractivity contribution in [1.29, 1.82) is 0 Å². The first-order valence-corrected chi connectivity index (χ1v) is 4.29. The van der Waals surface area contributed by atoms with Gasteiger partial charge in [0.2, 0.25) is 0 Å². The molecule has 0 aliphatic heterocycles. The highest BCUT2D eigenvalue weighted by atomic mass is 79.9. The summed E-state index contributed by atoms with van der Waals surface area (Å²) >= 11 is 3.19. The number of hydrogen-bond acceptors (Lipinski definition) is 1. The van der Waals surface area contributed by atoms with E-state index in [1.54, 1.807) is 6.07 Å². The second-order valence-corrected chi connectivity index (χ2v) is 2.67. The number of nitrogens with zero attached hydrogens (tertiary/aromatic N) is 3. The number of alkyl halides is 1. The minimum absolute atomic E-state index is 0.0298. The number of benzene rings is 1. The molecule has 0 fully saturated rings. The van der Waals surface area contributed by atoms with Gasteiger partial charge in [0.25, 0.3) is 0 Å². The minimum atomic E-state index is -0.496. The largest absolute Gasteiger partial charge is 0.206 e. The van der Waals surface area contributed by atoms with E-state index >= 15 is 0 Å². The quantitative estimate of drug-likeness (QED) is 0.322. The first-order chi connectivity index (χ1) is 5.77. The first kappa shape index (κ1) is 9.03. The van der Waals surface area contributed by atoms with Gasteiger partial charge < -0.3 is 0 Å². The lowest BCUT2D eigenvalue weighted by Crippen LogP contribution is -1.80. The average molecular weight is 230 g/mol. The van der Waals surface area contributed by atoms with Crippen LogP contribution < -0.4 is 0 Å². The van der Waals surface area contributed by atoms with Gasteiger partial charge in [-0.25, -0.2) is 4.39 Å². The Bertz CT molecular complexity index is 333. The molecular formula is C7H5BrFN3. The van der Waals surface area contributed by atoms with Crippen molar-refractivity contribution in [2.45, 2.75) is 5.33 Å². The van der Waals surface area contributed by atoms with Gasteiger partial charge in [-0.2, -0.15) is 0 Å². The van der Waals surface area contributed by atoms with Gasteiger partial charge in [-0.15, -0.1) is 0 Å². The van der Waals surface area contributed by atoms with Crippen LogP contribution in [0, 0.1) is 5.82 Å². The van der Waals surface area contributed by atoms with Gasteiger partial charge >= 0.3 is 0 Å². The van der Waals surface area contributed by atoms with E-state index in [9.17, 15) is 4.39 Å². The number of halogens is 2. The molecule has 0 aromatic heterocycles. The average Bonchev–Trinajstić information content (AvgIpc) is 2.09. The normalized spacial score (nSPS) is 9.17. The lowest BCUT2D eigenvalue weighted by molar-refractivity contribution is 0.628. The smallest absolute Gasteiger partial charge is 0.133 e. The minimum Gasteiger partial charge on any atom is -0.206 e. The maximum Gasteiger partial charge on any atom is 0.133 e. The summed E-state index contributed by atoms with van der Waals surface area (Å²) in [5.41, 5.74) is 8.89. The lowest BCUT2D eigenvalue weighted by atomic mass is 10.2. The molecule has 0 spiro atoms. The molecule has 1 rings (SSSR count). The summed E-state index contributed by atoms with van der Waals surface area (Å²) in [4.78, 5) is 2.50. The maximum absolute atomic E-state index is 12.9. The number of rotatable bonds is 2. The third-order valence-electron chi connectivity index (χ3n) is 1.32. The summed E-state index contributed by atoms with van der Waals surface area (Å²) in [5.74, 6) is -0.496. The van der Waals surface area contributed by atoms with Gasteiger partial charge in [0.1, 0.15) is 5.82 Å². The van der Waals surface area contributed by atoms with E-state index in [0.29, 0.717) is 5.33 Å². The van der Waals surface area contributed by atoms with Crippen molar-refractivity contribution in [2.24, 2.45) is 5.11 Å². The van der Waals surface area contributed by atoms with Gasteiger partial charge in [0, 0.05) is 10.2 Å². The van der Waals surface area contributed by atoms with Crippen molar-refractivity contribution in [3.05, 3.63) is 40.0 Å². The number of azide groups is 1. The molecule has 0 amide bonds. The molecule has 0 aliphatic carbocycles. The Kier molecular flexibility index (Phi) is 3.08. The Morgan fingerprint density at radius 3 is 2.83 bits per heavy atom. The monoisotopic (exact) mass is 229 g/mol. The van der Waals surface area contributed by atoms with E-state index in [0.717, 1.165) is 5.56 Å². The molecule has 1 aromatic carbocycles. The van der Waals surface area contributed by atoms with E-state index in [1.165, 1.54) is 12.1 Å². The topological polar surface area (TPSA) is 48.8 Å². The van der Waals surface area contributed by atoms with Crippen LogP contribution in [0.4, 0.5) is 10.1 Å². The van der Waals surface area contributed by atoms with Crippen molar-refractivity contribution < 1.29 is 4.39 Å². The zero-order valence-electron chi connectivity index (χ0n) is 6.04. The fourth-order valence-corrected chi connectivity index (χ4v) is 1.11. The second kappa shape index (κ2) is 4.09. The SMILES string of the molecule is [N-]=[N+]=Nc1ccc(CBr)cc1F. The standard InChI is InChI=1S/C7H5BrFN3/c8-4-5-1-2-7(11-12-10)6(9)3-5/h1-3H,4H2. The van der Waals surface area contributed by atoms with Crippen LogP contribution in [0.2, 0.25) is 0 Å². The zero-order valence-corrected chi connectivity index (χ0v) is 7.62. The molecule has 0 heterocycles. The van der Waals surface area contributed by atoms with Crippen LogP contribution in [-0.4, -0.2) is 0 Å². The maximum atomic E-state index is 12.9. The molecule has 0 unspecified atom stereocenters. The van der Waals surface area contributed by atoms with Gasteiger partial charge in [-0.3, -0.25) is 0 Å². The fourth-order valence-electron chi connectivity index (χ4n) is 0.763. The van der Waals surface area contributed by atoms with Gasteiger partial charge in [0.05, 0.1) is 5.69 Å². The molecule has 0 radical (unpaired) electrons. The zero-order chi connectivity index (χ0) is 8.97. The Morgan fingerprint density at radius 2 is 2.33 bits per heavy atom. The van der Waals surface area contributed by atoms with Crippen LogP contribution >= 0.6 is 15.9 Å². The van der Waals surface area contributed by atoms with Crippen molar-refractivity contribution in [2.75, 3.05) is 0 Å². The van der Waals surface area contributed by atoms with Crippen molar-refractivity contribution >= 4 is 21.6 Å². The predicted octanol–water partition coefficient (Wildman–Crippen LogP) is 3.66. The lowest BCUT2D eigenvalue weighted by Gasteiger charge is -1.97. The Morgan fingerprint density at radius 1 is 1.58 bits per heavy atom. The predicted molar refractivity (Wildman–Crippen MR) is 47.8 cm³/mol. The third-order valence-corrected chi connectivity index (χ3v) is 1.97. The third kappa shape index (κ3) is 1.96. The van der Waals surface area contributed by atoms with Crippen LogP contribution in [0.3, 0.4) is 0 Å². The fraction of sp³-hybridized carbons (Fsp3) is 0.143. The van der Waals surface area contributed by atoms with Crippen LogP contribution in [0.15, 0.2) is 23.3 Å².